The molecule has 0 rings (SSSR count). The van der Waals surface area contributed by atoms with Crippen molar-refractivity contribution in [2.75, 3.05) is 6.54 Å². The molecule has 0 bridgehead atoms. The van der Waals surface area contributed by atoms with Crippen molar-refractivity contribution in [1.29, 1.82) is 0 Å². The maximum absolute atomic E-state index is 11.6. The van der Waals surface area contributed by atoms with Crippen LogP contribution in [0.3, 0.4) is 0 Å². The van der Waals surface area contributed by atoms with Gasteiger partial charge in [-0.25, -0.2) is 4.72 Å². The van der Waals surface area contributed by atoms with Crippen molar-refractivity contribution in [3.8, 4) is 0 Å². The molecule has 0 aliphatic rings. The van der Waals surface area contributed by atoms with Crippen molar-refractivity contribution < 1.29 is 8.42 Å². The summed E-state index contributed by atoms with van der Waals surface area (Å²) in [6.07, 6.45) is 1.99. The van der Waals surface area contributed by atoms with Gasteiger partial charge in [0, 0.05) is 12.1 Å². The number of rotatable bonds is 6. The highest BCUT2D eigenvalue weighted by Gasteiger charge is 2.19. The largest absolute Gasteiger partial charge is 0.277 e. The monoisotopic (exact) mass is 236 g/mol. The minimum Gasteiger partial charge on any atom is -0.202 e. The fraction of sp³-hybridized carbons (Fsp3) is 1.00. The number of nitrogens with one attached hydrogen (secondary N) is 2. The summed E-state index contributed by atoms with van der Waals surface area (Å²) in [5.74, 6) is 0.418. The molecule has 0 amide bonds. The van der Waals surface area contributed by atoms with Crippen molar-refractivity contribution >= 4 is 10.2 Å². The standard InChI is InChI=1S/C10H24N2O2S/c1-6-9(7-2)8-11-15(13,14)12-10(3,4)5/h9,11-12H,6-8H2,1-5H3. The predicted molar refractivity (Wildman–Crippen MR) is 63.9 cm³/mol. The SMILES string of the molecule is CCC(CC)CNS(=O)(=O)NC(C)(C)C. The van der Waals surface area contributed by atoms with E-state index >= 15 is 0 Å². The molecule has 0 saturated carbocycles. The van der Waals surface area contributed by atoms with Crippen LogP contribution in [0.15, 0.2) is 0 Å². The van der Waals surface area contributed by atoms with Crippen LogP contribution in [0, 0.1) is 5.92 Å². The molecule has 15 heavy (non-hydrogen) atoms. The third kappa shape index (κ3) is 7.76. The van der Waals surface area contributed by atoms with Crippen molar-refractivity contribution in [1.82, 2.24) is 9.44 Å². The van der Waals surface area contributed by atoms with Gasteiger partial charge in [-0.3, -0.25) is 0 Å². The zero-order valence-electron chi connectivity index (χ0n) is 10.4. The van der Waals surface area contributed by atoms with Crippen molar-refractivity contribution in [2.45, 2.75) is 53.0 Å². The van der Waals surface area contributed by atoms with Gasteiger partial charge in [-0.05, 0) is 26.7 Å². The minimum atomic E-state index is -3.35. The normalized spacial score (nSPS) is 13.5. The lowest BCUT2D eigenvalue weighted by Gasteiger charge is -2.21. The van der Waals surface area contributed by atoms with Crippen LogP contribution in [0.25, 0.3) is 0 Å². The summed E-state index contributed by atoms with van der Waals surface area (Å²) in [7, 11) is -3.35. The van der Waals surface area contributed by atoms with Crippen LogP contribution in [-0.2, 0) is 10.2 Å². The van der Waals surface area contributed by atoms with Crippen molar-refractivity contribution in [3.63, 3.8) is 0 Å². The van der Waals surface area contributed by atoms with Crippen LogP contribution >= 0.6 is 0 Å². The Morgan fingerprint density at radius 2 is 1.60 bits per heavy atom. The summed E-state index contributed by atoms with van der Waals surface area (Å²) in [4.78, 5) is 0. The van der Waals surface area contributed by atoms with Gasteiger partial charge >= 0.3 is 0 Å². The molecule has 5 heteroatoms. The fourth-order valence-corrected chi connectivity index (χ4v) is 2.58. The van der Waals surface area contributed by atoms with Crippen LogP contribution in [0.1, 0.15) is 47.5 Å². The molecular formula is C10H24N2O2S. The van der Waals surface area contributed by atoms with E-state index in [2.05, 4.69) is 23.3 Å². The molecule has 0 aromatic carbocycles. The maximum Gasteiger partial charge on any atom is 0.277 e. The lowest BCUT2D eigenvalue weighted by molar-refractivity contribution is 0.456. The molecule has 0 saturated heterocycles. The van der Waals surface area contributed by atoms with Gasteiger partial charge in [0.2, 0.25) is 0 Å². The second kappa shape index (κ2) is 5.82. The van der Waals surface area contributed by atoms with E-state index in [4.69, 9.17) is 0 Å². The van der Waals surface area contributed by atoms with E-state index in [0.717, 1.165) is 12.8 Å². The molecule has 0 radical (unpaired) electrons. The minimum absolute atomic E-state index is 0.418. The predicted octanol–water partition coefficient (Wildman–Crippen LogP) is 1.65. The second-order valence-corrected chi connectivity index (χ2v) is 6.39. The molecule has 0 aromatic heterocycles. The van der Waals surface area contributed by atoms with Crippen LogP contribution < -0.4 is 9.44 Å². The Morgan fingerprint density at radius 1 is 1.13 bits per heavy atom. The Balaban J connectivity index is 4.16. The Morgan fingerprint density at radius 3 is 1.93 bits per heavy atom. The molecule has 92 valence electrons. The van der Waals surface area contributed by atoms with Gasteiger partial charge in [-0.15, -0.1) is 0 Å². The van der Waals surface area contributed by atoms with Gasteiger partial charge in [0.05, 0.1) is 0 Å². The third-order valence-electron chi connectivity index (χ3n) is 2.16. The maximum atomic E-state index is 11.6. The molecule has 0 spiro atoms. The third-order valence-corrected chi connectivity index (χ3v) is 3.59. The van der Waals surface area contributed by atoms with Crippen molar-refractivity contribution in [2.24, 2.45) is 5.92 Å². The molecule has 0 aromatic rings. The molecule has 0 fully saturated rings. The van der Waals surface area contributed by atoms with Gasteiger partial charge in [0.25, 0.3) is 10.2 Å². The first-order valence-corrected chi connectivity index (χ1v) is 6.97. The summed E-state index contributed by atoms with van der Waals surface area (Å²) in [5.41, 5.74) is -0.431. The van der Waals surface area contributed by atoms with E-state index in [0.29, 0.717) is 12.5 Å². The molecule has 0 unspecified atom stereocenters. The van der Waals surface area contributed by atoms with Gasteiger partial charge < -0.3 is 0 Å². The van der Waals surface area contributed by atoms with Crippen molar-refractivity contribution in [3.05, 3.63) is 0 Å². The molecule has 0 atom stereocenters. The molecule has 0 heterocycles. The summed E-state index contributed by atoms with van der Waals surface area (Å²) in [5, 5.41) is 0. The second-order valence-electron chi connectivity index (χ2n) is 4.89. The van der Waals surface area contributed by atoms with E-state index in [9.17, 15) is 8.42 Å². The average Bonchev–Trinajstić information content (AvgIpc) is 2.01. The van der Waals surface area contributed by atoms with E-state index in [1.807, 2.05) is 20.8 Å². The topological polar surface area (TPSA) is 58.2 Å². The number of hydrogen-bond acceptors (Lipinski definition) is 2. The lowest BCUT2D eigenvalue weighted by Crippen LogP contribution is -2.47. The van der Waals surface area contributed by atoms with E-state index in [1.165, 1.54) is 0 Å². The molecular weight excluding hydrogens is 212 g/mol. The quantitative estimate of drug-likeness (QED) is 0.736. The highest BCUT2D eigenvalue weighted by Crippen LogP contribution is 2.06. The zero-order valence-corrected chi connectivity index (χ0v) is 11.2. The highest BCUT2D eigenvalue weighted by atomic mass is 32.2. The Labute approximate surface area is 94.0 Å². The molecule has 0 aliphatic heterocycles. The van der Waals surface area contributed by atoms with Crippen LogP contribution in [0.2, 0.25) is 0 Å². The Bertz CT molecular complexity index is 264. The van der Waals surface area contributed by atoms with E-state index in [-0.39, 0.29) is 0 Å². The van der Waals surface area contributed by atoms with E-state index in [1.54, 1.807) is 0 Å². The molecule has 4 nitrogen and oxygen atoms in total. The van der Waals surface area contributed by atoms with Gasteiger partial charge in [0.15, 0.2) is 0 Å². The van der Waals surface area contributed by atoms with Gasteiger partial charge in [-0.1, -0.05) is 26.7 Å². The Hall–Kier alpha value is -0.130. The summed E-state index contributed by atoms with van der Waals surface area (Å²) in [6, 6.07) is 0. The van der Waals surface area contributed by atoms with Crippen LogP contribution in [0.4, 0.5) is 0 Å². The van der Waals surface area contributed by atoms with Crippen LogP contribution in [0.5, 0.6) is 0 Å². The van der Waals surface area contributed by atoms with E-state index < -0.39 is 15.7 Å². The first-order chi connectivity index (χ1) is 6.70. The summed E-state index contributed by atoms with van der Waals surface area (Å²) >= 11 is 0. The lowest BCUT2D eigenvalue weighted by atomic mass is 10.0. The fourth-order valence-electron chi connectivity index (χ4n) is 1.24. The summed E-state index contributed by atoms with van der Waals surface area (Å²) < 4.78 is 28.3. The smallest absolute Gasteiger partial charge is 0.202 e. The van der Waals surface area contributed by atoms with Crippen LogP contribution in [-0.4, -0.2) is 20.5 Å². The van der Waals surface area contributed by atoms with Gasteiger partial charge in [-0.2, -0.15) is 13.1 Å². The van der Waals surface area contributed by atoms with Gasteiger partial charge in [0.1, 0.15) is 0 Å². The zero-order chi connectivity index (χ0) is 12.1. The highest BCUT2D eigenvalue weighted by molar-refractivity contribution is 7.87. The number of hydrogen-bond donors (Lipinski definition) is 2. The molecule has 0 aliphatic carbocycles. The molecule has 2 N–H and O–H groups in total. The Kier molecular flexibility index (Phi) is 5.77. The first-order valence-electron chi connectivity index (χ1n) is 5.48. The summed E-state index contributed by atoms with van der Waals surface area (Å²) in [6.45, 7) is 10.1. The average molecular weight is 236 g/mol. The first kappa shape index (κ1) is 14.9.